The van der Waals surface area contributed by atoms with Crippen molar-refractivity contribution >= 4 is 12.0 Å². The fourth-order valence-corrected chi connectivity index (χ4v) is 1.88. The molecule has 1 unspecified atom stereocenters. The summed E-state index contributed by atoms with van der Waals surface area (Å²) in [5.41, 5.74) is 2.01. The molecule has 1 atom stereocenters. The molecule has 1 aliphatic heterocycles. The van der Waals surface area contributed by atoms with E-state index in [1.807, 2.05) is 24.3 Å². The number of carbonyl (C=O) groups is 1. The number of ether oxygens (including phenoxy) is 1. The zero-order valence-corrected chi connectivity index (χ0v) is 10.3. The molecule has 0 amide bonds. The lowest BCUT2D eigenvalue weighted by Gasteiger charge is -2.22. The van der Waals surface area contributed by atoms with Crippen molar-refractivity contribution in [1.29, 1.82) is 0 Å². The largest absolute Gasteiger partial charge is 0.460 e. The highest BCUT2D eigenvalue weighted by Gasteiger charge is 2.21. The van der Waals surface area contributed by atoms with Crippen LogP contribution in [0, 0.1) is 0 Å². The smallest absolute Gasteiger partial charge is 0.324 e. The molecule has 97 valence electrons. The fraction of sp³-hybridized carbons (Fsp3) is 0.357. The standard InChI is InChI=1S/C14H18N2O2.H/c1-2-11-4-3-5-12(8-11)10-18-14(17)13-9-15-6-7-16-13;/h2-5,8,13,15-16H,1,6-7,9-10H2;. The van der Waals surface area contributed by atoms with Gasteiger partial charge in [-0.1, -0.05) is 30.9 Å². The third-order valence-corrected chi connectivity index (χ3v) is 2.89. The number of benzene rings is 1. The molecule has 1 heterocycles. The molecule has 0 saturated carbocycles. The summed E-state index contributed by atoms with van der Waals surface area (Å²) in [6.07, 6.45) is 1.78. The molecule has 1 fully saturated rings. The average Bonchev–Trinajstić information content (AvgIpc) is 2.46. The summed E-state index contributed by atoms with van der Waals surface area (Å²) in [6, 6.07) is 7.56. The summed E-state index contributed by atoms with van der Waals surface area (Å²) in [5.74, 6) is -0.203. The number of piperazine rings is 1. The molecule has 0 aromatic heterocycles. The van der Waals surface area contributed by atoms with E-state index >= 15 is 0 Å². The maximum Gasteiger partial charge on any atom is 0.324 e. The van der Waals surface area contributed by atoms with Crippen molar-refractivity contribution in [3.05, 3.63) is 42.0 Å². The van der Waals surface area contributed by atoms with Crippen molar-refractivity contribution in [1.82, 2.24) is 10.6 Å². The molecule has 1 aromatic carbocycles. The van der Waals surface area contributed by atoms with Crippen molar-refractivity contribution in [3.63, 3.8) is 0 Å². The van der Waals surface area contributed by atoms with Crippen LogP contribution in [-0.4, -0.2) is 31.6 Å². The van der Waals surface area contributed by atoms with Gasteiger partial charge in [-0.3, -0.25) is 4.79 Å². The number of rotatable bonds is 4. The van der Waals surface area contributed by atoms with E-state index < -0.39 is 0 Å². The first kappa shape index (κ1) is 12.8. The second-order valence-corrected chi connectivity index (χ2v) is 4.27. The van der Waals surface area contributed by atoms with Crippen LogP contribution in [0.3, 0.4) is 0 Å². The van der Waals surface area contributed by atoms with E-state index in [0.29, 0.717) is 13.2 Å². The predicted molar refractivity (Wildman–Crippen MR) is 72.1 cm³/mol. The average molecular weight is 247 g/mol. The Morgan fingerprint density at radius 1 is 1.56 bits per heavy atom. The summed E-state index contributed by atoms with van der Waals surface area (Å²) in [4.78, 5) is 11.8. The first-order valence-corrected chi connectivity index (χ1v) is 6.12. The molecule has 1 aliphatic rings. The van der Waals surface area contributed by atoms with Crippen LogP contribution in [0.2, 0.25) is 0 Å². The number of hydrogen-bond acceptors (Lipinski definition) is 4. The van der Waals surface area contributed by atoms with Crippen molar-refractivity contribution in [3.8, 4) is 0 Å². The predicted octanol–water partition coefficient (Wildman–Crippen LogP) is 1.05. The van der Waals surface area contributed by atoms with E-state index in [0.717, 1.165) is 24.2 Å². The fourth-order valence-electron chi connectivity index (χ4n) is 1.88. The van der Waals surface area contributed by atoms with Crippen LogP contribution in [0.25, 0.3) is 6.08 Å². The van der Waals surface area contributed by atoms with E-state index in [1.165, 1.54) is 0 Å². The zero-order chi connectivity index (χ0) is 12.8. The van der Waals surface area contributed by atoms with Crippen LogP contribution >= 0.6 is 0 Å². The maximum atomic E-state index is 11.8. The number of esters is 1. The lowest BCUT2D eigenvalue weighted by Crippen LogP contribution is -2.52. The minimum absolute atomic E-state index is 0. The highest BCUT2D eigenvalue weighted by atomic mass is 16.5. The number of hydrogen-bond donors (Lipinski definition) is 2. The molecule has 0 spiro atoms. The Bertz CT molecular complexity index is 431. The van der Waals surface area contributed by atoms with Gasteiger partial charge in [0.25, 0.3) is 0 Å². The minimum Gasteiger partial charge on any atom is -0.460 e. The topological polar surface area (TPSA) is 50.4 Å². The SMILES string of the molecule is C=Cc1cccc(COC(=O)C2CNCCN2)c1.[H]. The van der Waals surface area contributed by atoms with Gasteiger partial charge in [0, 0.05) is 21.1 Å². The highest BCUT2D eigenvalue weighted by molar-refractivity contribution is 5.76. The van der Waals surface area contributed by atoms with Crippen molar-refractivity contribution in [2.24, 2.45) is 0 Å². The van der Waals surface area contributed by atoms with Crippen LogP contribution in [0.1, 0.15) is 12.6 Å². The Morgan fingerprint density at radius 3 is 3.17 bits per heavy atom. The maximum absolute atomic E-state index is 11.8. The Kier molecular flexibility index (Phi) is 4.50. The lowest BCUT2D eigenvalue weighted by molar-refractivity contribution is -0.147. The second kappa shape index (κ2) is 6.33. The Morgan fingerprint density at radius 2 is 2.44 bits per heavy atom. The van der Waals surface area contributed by atoms with Gasteiger partial charge in [-0.25, -0.2) is 0 Å². The van der Waals surface area contributed by atoms with Gasteiger partial charge in [-0.2, -0.15) is 0 Å². The van der Waals surface area contributed by atoms with Gasteiger partial charge in [-0.05, 0) is 17.2 Å². The highest BCUT2D eigenvalue weighted by Crippen LogP contribution is 2.08. The number of nitrogens with one attached hydrogen (secondary N) is 2. The van der Waals surface area contributed by atoms with Gasteiger partial charge >= 0.3 is 5.97 Å². The van der Waals surface area contributed by atoms with Crippen LogP contribution in [-0.2, 0) is 16.1 Å². The molecule has 2 N–H and O–H groups in total. The quantitative estimate of drug-likeness (QED) is 0.781. The molecule has 2 rings (SSSR count). The van der Waals surface area contributed by atoms with E-state index in [-0.39, 0.29) is 13.4 Å². The van der Waals surface area contributed by atoms with Crippen LogP contribution in [0.4, 0.5) is 0 Å². The van der Waals surface area contributed by atoms with E-state index in [2.05, 4.69) is 17.2 Å². The van der Waals surface area contributed by atoms with Crippen molar-refractivity contribution < 1.29 is 11.0 Å². The molecule has 0 aliphatic carbocycles. The molecule has 1 radical (unpaired) electrons. The summed E-state index contributed by atoms with van der Waals surface area (Å²) in [6.45, 7) is 6.34. The third-order valence-electron chi connectivity index (χ3n) is 2.89. The minimum atomic E-state index is -0.235. The van der Waals surface area contributed by atoms with Gasteiger partial charge in [0.1, 0.15) is 12.6 Å². The Hall–Kier alpha value is -1.65. The molecular formula is C14H19N2O2. The van der Waals surface area contributed by atoms with Gasteiger partial charge in [0.15, 0.2) is 0 Å². The Balaban J connectivity index is 0.00000180. The number of carbonyl (C=O) groups excluding carboxylic acids is 1. The Labute approximate surface area is 109 Å². The molecule has 18 heavy (non-hydrogen) atoms. The van der Waals surface area contributed by atoms with Crippen molar-refractivity contribution in [2.75, 3.05) is 19.6 Å². The molecule has 1 saturated heterocycles. The lowest BCUT2D eigenvalue weighted by atomic mass is 10.1. The van der Waals surface area contributed by atoms with E-state index in [9.17, 15) is 4.79 Å². The van der Waals surface area contributed by atoms with E-state index in [4.69, 9.17) is 4.74 Å². The first-order valence-electron chi connectivity index (χ1n) is 6.12. The molecule has 0 bridgehead atoms. The van der Waals surface area contributed by atoms with Gasteiger partial charge in [0.05, 0.1) is 0 Å². The summed E-state index contributed by atoms with van der Waals surface area (Å²) in [7, 11) is 0. The third kappa shape index (κ3) is 3.42. The van der Waals surface area contributed by atoms with Crippen LogP contribution in [0.15, 0.2) is 30.8 Å². The summed E-state index contributed by atoms with van der Waals surface area (Å²) in [5, 5.41) is 6.28. The monoisotopic (exact) mass is 247 g/mol. The molecule has 1 aromatic rings. The van der Waals surface area contributed by atoms with E-state index in [1.54, 1.807) is 6.08 Å². The summed E-state index contributed by atoms with van der Waals surface area (Å²) >= 11 is 0. The van der Waals surface area contributed by atoms with Crippen molar-refractivity contribution in [2.45, 2.75) is 12.6 Å². The van der Waals surface area contributed by atoms with Gasteiger partial charge in [0.2, 0.25) is 0 Å². The van der Waals surface area contributed by atoms with Crippen LogP contribution in [0.5, 0.6) is 0 Å². The zero-order valence-electron chi connectivity index (χ0n) is 11.3. The molecule has 4 heteroatoms. The molecule has 4 nitrogen and oxygen atoms in total. The van der Waals surface area contributed by atoms with Crippen LogP contribution < -0.4 is 10.6 Å². The normalized spacial score (nSPS) is 19.2. The first-order chi connectivity index (χ1) is 8.79. The second-order valence-electron chi connectivity index (χ2n) is 4.27. The summed E-state index contributed by atoms with van der Waals surface area (Å²) < 4.78 is 5.29. The van der Waals surface area contributed by atoms with Gasteiger partial charge in [-0.15, -0.1) is 0 Å². The molecular weight excluding hydrogens is 228 g/mol. The van der Waals surface area contributed by atoms with Gasteiger partial charge < -0.3 is 15.4 Å².